The first kappa shape index (κ1) is 26.8. The number of hydrogen-bond donors (Lipinski definition) is 0. The molecule has 2 aromatic rings. The number of carbonyl (C=O) groups excluding carboxylic acids is 2. The van der Waals surface area contributed by atoms with Crippen LogP contribution in [-0.2, 0) is 14.3 Å². The maximum Gasteiger partial charge on any atom is 0.262 e. The molecule has 0 bridgehead atoms. The maximum absolute atomic E-state index is 13.7. The van der Waals surface area contributed by atoms with Crippen molar-refractivity contribution in [2.75, 3.05) is 67.0 Å². The normalized spacial score (nSPS) is 18.6. The van der Waals surface area contributed by atoms with Gasteiger partial charge in [-0.1, -0.05) is 6.07 Å². The van der Waals surface area contributed by atoms with E-state index in [1.165, 1.54) is 11.9 Å². The molecule has 3 heterocycles. The van der Waals surface area contributed by atoms with Gasteiger partial charge >= 0.3 is 0 Å². The van der Waals surface area contributed by atoms with Crippen LogP contribution in [0.4, 0.5) is 0 Å². The van der Waals surface area contributed by atoms with Crippen LogP contribution in [0.2, 0.25) is 0 Å². The molecule has 1 saturated heterocycles. The zero-order valence-corrected chi connectivity index (χ0v) is 22.6. The van der Waals surface area contributed by atoms with Crippen molar-refractivity contribution in [1.82, 2.24) is 14.8 Å². The van der Waals surface area contributed by atoms with E-state index < -0.39 is 0 Å². The Morgan fingerprint density at radius 3 is 2.59 bits per heavy atom. The number of nitrogens with zero attached hydrogens (tertiary/aromatic N) is 4. The van der Waals surface area contributed by atoms with Gasteiger partial charge < -0.3 is 28.6 Å². The molecule has 0 saturated carbocycles. The standard InChI is InChI=1S/C28H34N4O7/c1-19(33)31(9-8-30-10-12-37-13-11-30)17-28(34)32-24(20-4-7-25-27(14-20)39-18-38-25)16-23(29-32)22-6-5-21(35-2)15-26(22)36-3/h4-7,14-15,24H,8-13,16-18H2,1-3H3/t24-/m0/s1. The van der Waals surface area contributed by atoms with E-state index in [1.807, 2.05) is 30.3 Å². The number of morpholine rings is 1. The molecular weight excluding hydrogens is 504 g/mol. The first-order chi connectivity index (χ1) is 19.0. The molecule has 39 heavy (non-hydrogen) atoms. The first-order valence-electron chi connectivity index (χ1n) is 13.0. The van der Waals surface area contributed by atoms with Crippen LogP contribution in [0, 0.1) is 0 Å². The van der Waals surface area contributed by atoms with Crippen LogP contribution in [0.3, 0.4) is 0 Å². The highest BCUT2D eigenvalue weighted by atomic mass is 16.7. The number of carbonyl (C=O) groups is 2. The number of ether oxygens (including phenoxy) is 5. The molecule has 3 aliphatic heterocycles. The van der Waals surface area contributed by atoms with Gasteiger partial charge in [0.05, 0.1) is 39.2 Å². The van der Waals surface area contributed by atoms with E-state index in [0.29, 0.717) is 61.4 Å². The minimum absolute atomic E-state index is 0.0722. The van der Waals surface area contributed by atoms with E-state index in [2.05, 4.69) is 4.90 Å². The molecule has 0 unspecified atom stereocenters. The number of amides is 2. The summed E-state index contributed by atoms with van der Waals surface area (Å²) in [4.78, 5) is 30.1. The Balaban J connectivity index is 1.40. The van der Waals surface area contributed by atoms with Crippen molar-refractivity contribution in [2.45, 2.75) is 19.4 Å². The molecule has 2 amide bonds. The van der Waals surface area contributed by atoms with Crippen LogP contribution in [0.1, 0.15) is 30.5 Å². The van der Waals surface area contributed by atoms with Gasteiger partial charge in [0.25, 0.3) is 5.91 Å². The second kappa shape index (κ2) is 11.9. The van der Waals surface area contributed by atoms with Crippen LogP contribution in [-0.4, -0.2) is 99.3 Å². The molecule has 0 radical (unpaired) electrons. The SMILES string of the molecule is COc1ccc(C2=NN(C(=O)CN(CCN3CCOCC3)C(C)=O)[C@H](c3ccc4c(c3)OCO4)C2)c(OC)c1. The summed E-state index contributed by atoms with van der Waals surface area (Å²) >= 11 is 0. The molecule has 3 aliphatic rings. The molecule has 11 heteroatoms. The topological polar surface area (TPSA) is 102 Å². The summed E-state index contributed by atoms with van der Waals surface area (Å²) in [6.45, 7) is 5.69. The molecule has 5 rings (SSSR count). The number of methoxy groups -OCH3 is 2. The summed E-state index contributed by atoms with van der Waals surface area (Å²) < 4.78 is 27.4. The third kappa shape index (κ3) is 5.94. The van der Waals surface area contributed by atoms with Crippen LogP contribution >= 0.6 is 0 Å². The fourth-order valence-electron chi connectivity index (χ4n) is 4.99. The Kier molecular flexibility index (Phi) is 8.18. The lowest BCUT2D eigenvalue weighted by Crippen LogP contribution is -2.45. The predicted molar refractivity (Wildman–Crippen MR) is 142 cm³/mol. The summed E-state index contributed by atoms with van der Waals surface area (Å²) in [5.41, 5.74) is 2.34. The fourth-order valence-corrected chi connectivity index (χ4v) is 4.99. The summed E-state index contributed by atoms with van der Waals surface area (Å²) in [5.74, 6) is 2.13. The zero-order chi connectivity index (χ0) is 27.4. The highest BCUT2D eigenvalue weighted by Crippen LogP contribution is 2.40. The predicted octanol–water partition coefficient (Wildman–Crippen LogP) is 2.29. The Hall–Kier alpha value is -3.83. The molecular formula is C28H34N4O7. The van der Waals surface area contributed by atoms with Crippen LogP contribution in [0.25, 0.3) is 0 Å². The Labute approximate surface area is 227 Å². The molecule has 0 N–H and O–H groups in total. The van der Waals surface area contributed by atoms with Gasteiger partial charge in [0.2, 0.25) is 12.7 Å². The van der Waals surface area contributed by atoms with Gasteiger partial charge in [-0.15, -0.1) is 0 Å². The van der Waals surface area contributed by atoms with E-state index in [9.17, 15) is 9.59 Å². The van der Waals surface area contributed by atoms with Gasteiger partial charge in [-0.2, -0.15) is 5.10 Å². The van der Waals surface area contributed by atoms with Gasteiger partial charge in [-0.25, -0.2) is 5.01 Å². The average molecular weight is 539 g/mol. The lowest BCUT2D eigenvalue weighted by molar-refractivity contribution is -0.140. The average Bonchev–Trinajstić information content (AvgIpc) is 3.62. The number of hydrazone groups is 1. The first-order valence-corrected chi connectivity index (χ1v) is 13.0. The Bertz CT molecular complexity index is 1240. The molecule has 208 valence electrons. The quantitative estimate of drug-likeness (QED) is 0.479. The van der Waals surface area contributed by atoms with Crippen molar-refractivity contribution in [2.24, 2.45) is 5.10 Å². The van der Waals surface area contributed by atoms with Crippen molar-refractivity contribution >= 4 is 17.5 Å². The van der Waals surface area contributed by atoms with Gasteiger partial charge in [0.1, 0.15) is 18.0 Å². The van der Waals surface area contributed by atoms with Crippen molar-refractivity contribution < 1.29 is 33.3 Å². The zero-order valence-electron chi connectivity index (χ0n) is 22.6. The van der Waals surface area contributed by atoms with Crippen molar-refractivity contribution in [1.29, 1.82) is 0 Å². The van der Waals surface area contributed by atoms with Gasteiger partial charge in [0.15, 0.2) is 11.5 Å². The van der Waals surface area contributed by atoms with E-state index in [4.69, 9.17) is 28.8 Å². The summed E-state index contributed by atoms with van der Waals surface area (Å²) in [6, 6.07) is 10.8. The van der Waals surface area contributed by atoms with Crippen molar-refractivity contribution in [3.05, 3.63) is 47.5 Å². The van der Waals surface area contributed by atoms with Crippen molar-refractivity contribution in [3.8, 4) is 23.0 Å². The number of benzene rings is 2. The molecule has 1 fully saturated rings. The Morgan fingerprint density at radius 2 is 1.85 bits per heavy atom. The van der Waals surface area contributed by atoms with Gasteiger partial charge in [0, 0.05) is 51.2 Å². The smallest absolute Gasteiger partial charge is 0.262 e. The van der Waals surface area contributed by atoms with Crippen LogP contribution in [0.5, 0.6) is 23.0 Å². The monoisotopic (exact) mass is 538 g/mol. The van der Waals surface area contributed by atoms with E-state index >= 15 is 0 Å². The molecule has 0 aliphatic carbocycles. The van der Waals surface area contributed by atoms with Gasteiger partial charge in [-0.3, -0.25) is 14.5 Å². The van der Waals surface area contributed by atoms with Crippen LogP contribution < -0.4 is 18.9 Å². The van der Waals surface area contributed by atoms with E-state index in [1.54, 1.807) is 25.2 Å². The van der Waals surface area contributed by atoms with Gasteiger partial charge in [-0.05, 0) is 29.8 Å². The largest absolute Gasteiger partial charge is 0.497 e. The number of rotatable bonds is 9. The highest BCUT2D eigenvalue weighted by molar-refractivity contribution is 6.05. The summed E-state index contributed by atoms with van der Waals surface area (Å²) in [7, 11) is 3.18. The summed E-state index contributed by atoms with van der Waals surface area (Å²) in [6.07, 6.45) is 0.460. The highest BCUT2D eigenvalue weighted by Gasteiger charge is 2.36. The molecule has 0 spiro atoms. The maximum atomic E-state index is 13.7. The molecule has 1 atom stereocenters. The van der Waals surface area contributed by atoms with Crippen molar-refractivity contribution in [3.63, 3.8) is 0 Å². The molecule has 2 aromatic carbocycles. The molecule has 11 nitrogen and oxygen atoms in total. The third-order valence-electron chi connectivity index (χ3n) is 7.23. The van der Waals surface area contributed by atoms with Crippen LogP contribution in [0.15, 0.2) is 41.5 Å². The second-order valence-electron chi connectivity index (χ2n) is 9.58. The van der Waals surface area contributed by atoms with E-state index in [-0.39, 0.29) is 31.2 Å². The minimum Gasteiger partial charge on any atom is -0.497 e. The number of fused-ring (bicyclic) bond motifs is 1. The summed E-state index contributed by atoms with van der Waals surface area (Å²) in [5, 5.41) is 6.27. The number of hydrogen-bond acceptors (Lipinski definition) is 9. The minimum atomic E-state index is -0.387. The Morgan fingerprint density at radius 1 is 1.05 bits per heavy atom. The molecule has 0 aromatic heterocycles. The lowest BCUT2D eigenvalue weighted by Gasteiger charge is -2.30. The van der Waals surface area contributed by atoms with E-state index in [0.717, 1.165) is 24.2 Å². The second-order valence-corrected chi connectivity index (χ2v) is 9.58. The fraction of sp³-hybridized carbons (Fsp3) is 0.464. The lowest BCUT2D eigenvalue weighted by atomic mass is 9.97. The third-order valence-corrected chi connectivity index (χ3v) is 7.23.